The molecule has 32 heavy (non-hydrogen) atoms. The molecule has 6 aliphatic heterocycles. The predicted octanol–water partition coefficient (Wildman–Crippen LogP) is 3.73. The average molecular weight is 485 g/mol. The molecular formula is C22H42N6O2P2. The van der Waals surface area contributed by atoms with Crippen molar-refractivity contribution in [2.45, 2.75) is 88.4 Å². The summed E-state index contributed by atoms with van der Waals surface area (Å²) in [4.78, 5) is 0. The highest BCUT2D eigenvalue weighted by Gasteiger charge is 2.60. The van der Waals surface area contributed by atoms with Crippen LogP contribution >= 0.6 is 15.2 Å². The van der Waals surface area contributed by atoms with Gasteiger partial charge in [0, 0.05) is 63.4 Å². The third-order valence-electron chi connectivity index (χ3n) is 9.41. The smallest absolute Gasteiger partial charge is 0.270 e. The lowest BCUT2D eigenvalue weighted by Crippen LogP contribution is -2.33. The third-order valence-corrected chi connectivity index (χ3v) is 16.3. The van der Waals surface area contributed by atoms with Gasteiger partial charge in [0.05, 0.1) is 0 Å². The van der Waals surface area contributed by atoms with Crippen LogP contribution in [0.15, 0.2) is 0 Å². The maximum Gasteiger partial charge on any atom is 0.287 e. The molecule has 4 atom stereocenters. The average Bonchev–Trinajstić information content (AvgIpc) is 3.58. The van der Waals surface area contributed by atoms with Gasteiger partial charge in [0.2, 0.25) is 0 Å². The van der Waals surface area contributed by atoms with Gasteiger partial charge < -0.3 is 0 Å². The first-order chi connectivity index (χ1) is 15.5. The molecule has 0 bridgehead atoms. The summed E-state index contributed by atoms with van der Waals surface area (Å²) in [5, 5.41) is 0. The molecule has 8 nitrogen and oxygen atoms in total. The van der Waals surface area contributed by atoms with Gasteiger partial charge in [-0.05, 0) is 78.3 Å². The molecular weight excluding hydrogens is 442 g/mol. The monoisotopic (exact) mass is 484 g/mol. The summed E-state index contributed by atoms with van der Waals surface area (Å²) < 4.78 is 42.5. The van der Waals surface area contributed by atoms with E-state index in [0.717, 1.165) is 52.1 Å². The first-order valence-corrected chi connectivity index (χ1v) is 16.3. The van der Waals surface area contributed by atoms with Crippen LogP contribution in [0.1, 0.15) is 64.2 Å². The summed E-state index contributed by atoms with van der Waals surface area (Å²) in [6.07, 6.45) is 11.7. The summed E-state index contributed by atoms with van der Waals surface area (Å²) in [5.74, 6) is 0. The lowest BCUT2D eigenvalue weighted by Gasteiger charge is -2.37. The van der Waals surface area contributed by atoms with Gasteiger partial charge in [0.15, 0.2) is 0 Å². The van der Waals surface area contributed by atoms with Crippen LogP contribution in [0.5, 0.6) is 0 Å². The van der Waals surface area contributed by atoms with Crippen LogP contribution in [0, 0.1) is 0 Å². The molecule has 0 N–H and O–H groups in total. The van der Waals surface area contributed by atoms with Crippen LogP contribution in [0.2, 0.25) is 0 Å². The second-order valence-corrected chi connectivity index (χ2v) is 16.5. The Morgan fingerprint density at radius 3 is 1.16 bits per heavy atom. The molecule has 6 aliphatic rings. The minimum absolute atomic E-state index is 0.520. The van der Waals surface area contributed by atoms with Gasteiger partial charge in [-0.3, -0.25) is 9.13 Å². The molecule has 0 aromatic carbocycles. The second-order valence-electron chi connectivity index (χ2n) is 11.0. The van der Waals surface area contributed by atoms with Crippen LogP contribution in [0.4, 0.5) is 0 Å². The number of hydrogen-bond acceptors (Lipinski definition) is 2. The van der Waals surface area contributed by atoms with Gasteiger partial charge in [-0.2, -0.15) is 0 Å². The molecule has 6 rings (SSSR count). The molecule has 6 saturated heterocycles. The quantitative estimate of drug-likeness (QED) is 0.400. The van der Waals surface area contributed by atoms with E-state index in [4.69, 9.17) is 0 Å². The highest BCUT2D eigenvalue weighted by atomic mass is 31.2. The fourth-order valence-electron chi connectivity index (χ4n) is 7.99. The Labute approximate surface area is 194 Å². The van der Waals surface area contributed by atoms with Crippen molar-refractivity contribution >= 4 is 15.2 Å². The molecule has 182 valence electrons. The molecule has 0 radical (unpaired) electrons. The standard InChI is InChI=1S/C22H42N6O2P2/c1-23(31(29)25-15-5-9-19(25)20-10-6-16-26(20)31)13-3-4-14-24(2)32(30)27-17-7-11-21(27)22-12-8-18-28(22)32/h19-22H,3-18H2,1-2H3/t19-,20-,21-,22-/m1/s1. The van der Waals surface area contributed by atoms with E-state index >= 15 is 0 Å². The Hall–Kier alpha value is 0.220. The van der Waals surface area contributed by atoms with E-state index in [1.807, 2.05) is 0 Å². The first kappa shape index (κ1) is 22.7. The zero-order chi connectivity index (χ0) is 22.1. The van der Waals surface area contributed by atoms with Crippen molar-refractivity contribution in [3.05, 3.63) is 0 Å². The number of hydrogen-bond donors (Lipinski definition) is 0. The highest BCUT2D eigenvalue weighted by molar-refractivity contribution is 7.57. The summed E-state index contributed by atoms with van der Waals surface area (Å²) in [5.41, 5.74) is 0. The van der Waals surface area contributed by atoms with E-state index in [2.05, 4.69) is 42.1 Å². The van der Waals surface area contributed by atoms with Gasteiger partial charge >= 0.3 is 0 Å². The number of rotatable bonds is 7. The molecule has 10 heteroatoms. The molecule has 0 aromatic rings. The fourth-order valence-corrected chi connectivity index (χ4v) is 15.2. The molecule has 0 saturated carbocycles. The largest absolute Gasteiger partial charge is 0.287 e. The van der Waals surface area contributed by atoms with E-state index in [9.17, 15) is 9.13 Å². The van der Waals surface area contributed by atoms with Crippen molar-refractivity contribution in [1.29, 1.82) is 0 Å². The Balaban J connectivity index is 1.07. The van der Waals surface area contributed by atoms with Crippen molar-refractivity contribution in [3.8, 4) is 0 Å². The highest BCUT2D eigenvalue weighted by Crippen LogP contribution is 2.68. The Bertz CT molecular complexity index is 714. The topological polar surface area (TPSA) is 53.6 Å². The second kappa shape index (κ2) is 8.41. The SMILES string of the molecule is CN(CCCCN(C)P1(=O)N2CCC[C@@H]2[C@H]2CCCN21)P1(=O)N2CCC[C@@H]2[C@H]2CCCN21. The molecule has 0 aliphatic carbocycles. The van der Waals surface area contributed by atoms with Crippen LogP contribution in [0.25, 0.3) is 0 Å². The number of nitrogens with zero attached hydrogens (tertiary/aromatic N) is 6. The number of fused-ring (bicyclic) bond motifs is 6. The first-order valence-electron chi connectivity index (χ1n) is 13.2. The molecule has 0 aromatic heterocycles. The molecule has 0 amide bonds. The van der Waals surface area contributed by atoms with Crippen molar-refractivity contribution in [2.75, 3.05) is 53.4 Å². The van der Waals surface area contributed by atoms with Gasteiger partial charge in [-0.1, -0.05) is 0 Å². The lowest BCUT2D eigenvalue weighted by molar-refractivity contribution is 0.339. The Morgan fingerprint density at radius 1 is 0.594 bits per heavy atom. The molecule has 6 fully saturated rings. The van der Waals surface area contributed by atoms with Crippen molar-refractivity contribution < 1.29 is 9.13 Å². The van der Waals surface area contributed by atoms with Crippen LogP contribution < -0.4 is 0 Å². The van der Waals surface area contributed by atoms with Gasteiger partial charge in [0.1, 0.15) is 0 Å². The predicted molar refractivity (Wildman–Crippen MR) is 129 cm³/mol. The maximum absolute atomic E-state index is 14.3. The third kappa shape index (κ3) is 3.10. The van der Waals surface area contributed by atoms with Crippen LogP contribution in [-0.2, 0) is 9.13 Å². The van der Waals surface area contributed by atoms with E-state index in [-0.39, 0.29) is 0 Å². The fraction of sp³-hybridized carbons (Fsp3) is 1.00. The summed E-state index contributed by atoms with van der Waals surface area (Å²) in [6.45, 7) is 5.72. The molecule has 0 unspecified atom stereocenters. The van der Waals surface area contributed by atoms with Crippen molar-refractivity contribution in [1.82, 2.24) is 28.0 Å². The zero-order valence-corrected chi connectivity index (χ0v) is 21.8. The van der Waals surface area contributed by atoms with Crippen molar-refractivity contribution in [2.24, 2.45) is 0 Å². The summed E-state index contributed by atoms with van der Waals surface area (Å²) in [6, 6.07) is 2.08. The molecule has 0 spiro atoms. The Kier molecular flexibility index (Phi) is 5.96. The lowest BCUT2D eigenvalue weighted by atomic mass is 10.1. The van der Waals surface area contributed by atoms with Crippen LogP contribution in [0.3, 0.4) is 0 Å². The number of unbranched alkanes of at least 4 members (excludes halogenated alkanes) is 1. The zero-order valence-electron chi connectivity index (χ0n) is 20.0. The van der Waals surface area contributed by atoms with Gasteiger partial charge in [-0.25, -0.2) is 28.0 Å². The minimum Gasteiger partial charge on any atom is -0.270 e. The maximum atomic E-state index is 14.3. The normalized spacial score (nSPS) is 38.8. The van der Waals surface area contributed by atoms with Crippen LogP contribution in [-0.4, -0.2) is 106 Å². The summed E-state index contributed by atoms with van der Waals surface area (Å²) in [7, 11) is -0.989. The van der Waals surface area contributed by atoms with Gasteiger partial charge in [-0.15, -0.1) is 0 Å². The Morgan fingerprint density at radius 2 is 0.875 bits per heavy atom. The molecule has 6 heterocycles. The van der Waals surface area contributed by atoms with E-state index in [1.54, 1.807) is 0 Å². The van der Waals surface area contributed by atoms with E-state index in [1.165, 1.54) is 51.4 Å². The summed E-state index contributed by atoms with van der Waals surface area (Å²) >= 11 is 0. The van der Waals surface area contributed by atoms with E-state index < -0.39 is 15.2 Å². The van der Waals surface area contributed by atoms with Crippen molar-refractivity contribution in [3.63, 3.8) is 0 Å². The van der Waals surface area contributed by atoms with E-state index in [0.29, 0.717) is 24.2 Å². The van der Waals surface area contributed by atoms with Gasteiger partial charge in [0.25, 0.3) is 15.2 Å². The minimum atomic E-state index is -2.58.